The number of hydrazine groups is 1. The summed E-state index contributed by atoms with van der Waals surface area (Å²) in [4.78, 5) is 4.33. The molecule has 0 saturated heterocycles. The first-order chi connectivity index (χ1) is 6.65. The Morgan fingerprint density at radius 1 is 1.50 bits per heavy atom. The fraction of sp³-hybridized carbons (Fsp3) is 0.545. The third kappa shape index (κ3) is 1.94. The van der Waals surface area contributed by atoms with Crippen LogP contribution in [0.3, 0.4) is 0 Å². The number of aromatic nitrogens is 1. The van der Waals surface area contributed by atoms with Crippen molar-refractivity contribution in [1.29, 1.82) is 0 Å². The van der Waals surface area contributed by atoms with Gasteiger partial charge < -0.3 is 0 Å². The molecule has 14 heavy (non-hydrogen) atoms. The predicted octanol–water partition coefficient (Wildman–Crippen LogP) is 1.26. The van der Waals surface area contributed by atoms with E-state index in [2.05, 4.69) is 18.0 Å². The lowest BCUT2D eigenvalue weighted by Crippen LogP contribution is -2.33. The van der Waals surface area contributed by atoms with Crippen molar-refractivity contribution in [3.8, 4) is 0 Å². The number of aryl methyl sites for hydroxylation is 1. The lowest BCUT2D eigenvalue weighted by atomic mass is 10.0. The van der Waals surface area contributed by atoms with E-state index in [4.69, 9.17) is 5.84 Å². The molecule has 3 nitrogen and oxygen atoms in total. The van der Waals surface area contributed by atoms with Gasteiger partial charge in [0.1, 0.15) is 0 Å². The van der Waals surface area contributed by atoms with E-state index in [1.807, 2.05) is 18.1 Å². The summed E-state index contributed by atoms with van der Waals surface area (Å²) in [7, 11) is 0. The second-order valence-electron chi connectivity index (χ2n) is 4.33. The lowest BCUT2D eigenvalue weighted by molar-refractivity contribution is 0.245. The van der Waals surface area contributed by atoms with Crippen molar-refractivity contribution >= 4 is 0 Å². The van der Waals surface area contributed by atoms with Gasteiger partial charge in [0.2, 0.25) is 0 Å². The minimum Gasteiger partial charge on any atom is -0.268 e. The molecule has 1 aliphatic heterocycles. The average Bonchev–Trinajstić information content (AvgIpc) is 2.21. The van der Waals surface area contributed by atoms with E-state index < -0.39 is 0 Å². The van der Waals surface area contributed by atoms with E-state index in [1.165, 1.54) is 11.1 Å². The molecule has 2 heterocycles. The van der Waals surface area contributed by atoms with Crippen LogP contribution in [0.15, 0.2) is 12.3 Å². The predicted molar refractivity (Wildman–Crippen MR) is 56.4 cm³/mol. The van der Waals surface area contributed by atoms with E-state index >= 15 is 0 Å². The third-order valence-corrected chi connectivity index (χ3v) is 2.71. The van der Waals surface area contributed by atoms with E-state index in [-0.39, 0.29) is 0 Å². The molecule has 0 aromatic carbocycles. The number of hydrogen-bond acceptors (Lipinski definition) is 3. The number of rotatable bonds is 0. The number of nitrogens with zero attached hydrogens (tertiary/aromatic N) is 2. The second-order valence-corrected chi connectivity index (χ2v) is 4.33. The topological polar surface area (TPSA) is 42.2 Å². The number of pyridine rings is 1. The third-order valence-electron chi connectivity index (χ3n) is 2.71. The molecule has 0 saturated carbocycles. The Labute approximate surface area is 84.9 Å². The van der Waals surface area contributed by atoms with Crippen LogP contribution in [0.4, 0.5) is 0 Å². The molecule has 2 rings (SSSR count). The van der Waals surface area contributed by atoms with Crippen LogP contribution in [-0.4, -0.2) is 16.5 Å². The van der Waals surface area contributed by atoms with Crippen molar-refractivity contribution in [2.75, 3.05) is 6.54 Å². The van der Waals surface area contributed by atoms with Gasteiger partial charge in [0.25, 0.3) is 0 Å². The Kier molecular flexibility index (Phi) is 2.52. The smallest absolute Gasteiger partial charge is 0.0383 e. The van der Waals surface area contributed by atoms with Gasteiger partial charge in [-0.1, -0.05) is 6.92 Å². The van der Waals surface area contributed by atoms with Crippen LogP contribution >= 0.6 is 0 Å². The summed E-state index contributed by atoms with van der Waals surface area (Å²) in [5.74, 6) is 6.52. The Bertz CT molecular complexity index is 335. The van der Waals surface area contributed by atoms with Gasteiger partial charge in [0.15, 0.2) is 0 Å². The molecule has 2 N–H and O–H groups in total. The lowest BCUT2D eigenvalue weighted by Gasteiger charge is -2.15. The molecule has 1 aromatic rings. The molecule has 1 atom stereocenters. The second kappa shape index (κ2) is 3.67. The molecule has 0 spiro atoms. The summed E-state index contributed by atoms with van der Waals surface area (Å²) in [6.07, 6.45) is 3.09. The average molecular weight is 191 g/mol. The SMILES string of the molecule is Cc1cc2c(cn1)CC(C)CN(N)C2. The quantitative estimate of drug-likeness (QED) is 0.628. The van der Waals surface area contributed by atoms with Crippen LogP contribution < -0.4 is 5.84 Å². The Hall–Kier alpha value is -0.930. The Morgan fingerprint density at radius 3 is 3.07 bits per heavy atom. The maximum Gasteiger partial charge on any atom is 0.0383 e. The zero-order valence-corrected chi connectivity index (χ0v) is 8.83. The fourth-order valence-corrected chi connectivity index (χ4v) is 2.10. The van der Waals surface area contributed by atoms with Crippen molar-refractivity contribution in [2.24, 2.45) is 11.8 Å². The van der Waals surface area contributed by atoms with Crippen molar-refractivity contribution in [1.82, 2.24) is 9.99 Å². The summed E-state index contributed by atoms with van der Waals surface area (Å²) in [5.41, 5.74) is 3.77. The molecule has 0 aliphatic carbocycles. The van der Waals surface area contributed by atoms with Crippen LogP contribution in [-0.2, 0) is 13.0 Å². The molecule has 3 heteroatoms. The molecular formula is C11H17N3. The van der Waals surface area contributed by atoms with E-state index in [0.29, 0.717) is 5.92 Å². The van der Waals surface area contributed by atoms with Gasteiger partial charge in [-0.15, -0.1) is 0 Å². The van der Waals surface area contributed by atoms with Gasteiger partial charge in [-0.05, 0) is 36.5 Å². The first kappa shape index (κ1) is 9.62. The first-order valence-corrected chi connectivity index (χ1v) is 5.09. The molecule has 0 radical (unpaired) electrons. The van der Waals surface area contributed by atoms with Gasteiger partial charge >= 0.3 is 0 Å². The molecule has 1 unspecified atom stereocenters. The Morgan fingerprint density at radius 2 is 2.29 bits per heavy atom. The van der Waals surface area contributed by atoms with Crippen LogP contribution in [0.1, 0.15) is 23.7 Å². The summed E-state index contributed by atoms with van der Waals surface area (Å²) < 4.78 is 0. The first-order valence-electron chi connectivity index (χ1n) is 5.09. The Balaban J connectivity index is 2.36. The molecule has 1 aliphatic rings. The highest BCUT2D eigenvalue weighted by Crippen LogP contribution is 2.19. The van der Waals surface area contributed by atoms with Gasteiger partial charge in [0, 0.05) is 25.0 Å². The van der Waals surface area contributed by atoms with E-state index in [1.54, 1.807) is 0 Å². The normalized spacial score (nSPS) is 22.9. The van der Waals surface area contributed by atoms with Gasteiger partial charge in [0.05, 0.1) is 0 Å². The highest BCUT2D eigenvalue weighted by Gasteiger charge is 2.17. The van der Waals surface area contributed by atoms with Crippen molar-refractivity contribution in [3.63, 3.8) is 0 Å². The highest BCUT2D eigenvalue weighted by molar-refractivity contribution is 5.27. The number of nitrogens with two attached hydrogens (primary N) is 1. The van der Waals surface area contributed by atoms with Crippen LogP contribution in [0.25, 0.3) is 0 Å². The van der Waals surface area contributed by atoms with E-state index in [0.717, 1.165) is 25.2 Å². The maximum atomic E-state index is 5.90. The summed E-state index contributed by atoms with van der Waals surface area (Å²) >= 11 is 0. The molecule has 0 amide bonds. The summed E-state index contributed by atoms with van der Waals surface area (Å²) in [6.45, 7) is 6.07. The van der Waals surface area contributed by atoms with E-state index in [9.17, 15) is 0 Å². The van der Waals surface area contributed by atoms with Gasteiger partial charge in [-0.3, -0.25) is 10.8 Å². The van der Waals surface area contributed by atoms with Crippen molar-refractivity contribution < 1.29 is 0 Å². The zero-order valence-electron chi connectivity index (χ0n) is 8.83. The highest BCUT2D eigenvalue weighted by atomic mass is 15.4. The molecular weight excluding hydrogens is 174 g/mol. The minimum absolute atomic E-state index is 0.616. The van der Waals surface area contributed by atoms with Crippen molar-refractivity contribution in [3.05, 3.63) is 29.1 Å². The molecule has 76 valence electrons. The standard InChI is InChI=1S/C11H17N3/c1-8-3-10-5-13-9(2)4-11(10)7-14(12)6-8/h4-5,8H,3,6-7,12H2,1-2H3. The minimum atomic E-state index is 0.616. The fourth-order valence-electron chi connectivity index (χ4n) is 2.10. The van der Waals surface area contributed by atoms with Gasteiger partial charge in [-0.2, -0.15) is 0 Å². The molecule has 0 fully saturated rings. The van der Waals surface area contributed by atoms with Crippen LogP contribution in [0.2, 0.25) is 0 Å². The van der Waals surface area contributed by atoms with Gasteiger partial charge in [-0.25, -0.2) is 5.01 Å². The van der Waals surface area contributed by atoms with Crippen LogP contribution in [0.5, 0.6) is 0 Å². The van der Waals surface area contributed by atoms with Crippen molar-refractivity contribution in [2.45, 2.75) is 26.8 Å². The number of hydrogen-bond donors (Lipinski definition) is 1. The zero-order chi connectivity index (χ0) is 10.1. The molecule has 1 aromatic heterocycles. The monoisotopic (exact) mass is 191 g/mol. The van der Waals surface area contributed by atoms with Crippen LogP contribution in [0, 0.1) is 12.8 Å². The summed E-state index contributed by atoms with van der Waals surface area (Å²) in [5, 5.41) is 1.90. The summed E-state index contributed by atoms with van der Waals surface area (Å²) in [6, 6.07) is 2.15. The maximum absolute atomic E-state index is 5.90. The molecule has 0 bridgehead atoms. The largest absolute Gasteiger partial charge is 0.268 e. The number of fused-ring (bicyclic) bond motifs is 1.